The van der Waals surface area contributed by atoms with Crippen molar-refractivity contribution in [3.05, 3.63) is 33.6 Å². The maximum Gasteiger partial charge on any atom is 0.250 e. The van der Waals surface area contributed by atoms with Crippen molar-refractivity contribution in [3.63, 3.8) is 0 Å². The van der Waals surface area contributed by atoms with Crippen molar-refractivity contribution in [2.24, 2.45) is 5.92 Å². The summed E-state index contributed by atoms with van der Waals surface area (Å²) in [6, 6.07) is 5.22. The molecular weight excluding hydrogens is 437 g/mol. The number of ether oxygens (including phenoxy) is 1. The van der Waals surface area contributed by atoms with Gasteiger partial charge < -0.3 is 9.64 Å². The van der Waals surface area contributed by atoms with Crippen LogP contribution in [0.15, 0.2) is 23.6 Å². The molecule has 1 saturated heterocycles. The number of carbonyl (C=O) groups excluding carboxylic acids is 2. The Morgan fingerprint density at radius 1 is 1.41 bits per heavy atom. The number of carbonyl (C=O) groups is 2. The Morgan fingerprint density at radius 3 is 3.00 bits per heavy atom. The average Bonchev–Trinajstić information content (AvgIpc) is 3.35. The van der Waals surface area contributed by atoms with Crippen LogP contribution in [-0.2, 0) is 14.3 Å². The second-order valence-corrected chi connectivity index (χ2v) is 8.28. The quantitative estimate of drug-likeness (QED) is 0.618. The molecule has 0 aliphatic carbocycles. The van der Waals surface area contributed by atoms with Gasteiger partial charge in [-0.25, -0.2) is 4.52 Å². The molecule has 152 valence electrons. The van der Waals surface area contributed by atoms with Crippen molar-refractivity contribution >= 4 is 57.3 Å². The number of nitrogens with zero attached hydrogens (tertiary/aromatic N) is 4. The molecule has 0 saturated carbocycles. The predicted octanol–water partition coefficient (Wildman–Crippen LogP) is 3.20. The molecular formula is C18H17Cl2N5O3S. The molecule has 1 aliphatic heterocycles. The van der Waals surface area contributed by atoms with Crippen LogP contribution >= 0.6 is 34.5 Å². The van der Waals surface area contributed by atoms with Gasteiger partial charge >= 0.3 is 0 Å². The monoisotopic (exact) mass is 453 g/mol. The van der Waals surface area contributed by atoms with Crippen LogP contribution in [0.5, 0.6) is 0 Å². The first-order valence-corrected chi connectivity index (χ1v) is 10.5. The third kappa shape index (κ3) is 4.09. The molecule has 1 N–H and O–H groups in total. The number of likely N-dealkylation sites (tertiary alicyclic amines) is 1. The number of hydrogen-bond acceptors (Lipinski definition) is 6. The Kier molecular flexibility index (Phi) is 5.73. The number of rotatable bonds is 6. The first-order valence-electron chi connectivity index (χ1n) is 8.83. The Morgan fingerprint density at radius 2 is 2.24 bits per heavy atom. The lowest BCUT2D eigenvalue weighted by atomic mass is 10.1. The van der Waals surface area contributed by atoms with Crippen LogP contribution in [0.1, 0.15) is 6.42 Å². The third-order valence-corrected chi connectivity index (χ3v) is 6.04. The number of hydrogen-bond donors (Lipinski definition) is 1. The zero-order valence-corrected chi connectivity index (χ0v) is 17.7. The van der Waals surface area contributed by atoms with E-state index in [1.165, 1.54) is 11.3 Å². The lowest BCUT2D eigenvalue weighted by Crippen LogP contribution is -2.31. The van der Waals surface area contributed by atoms with Gasteiger partial charge in [0, 0.05) is 42.6 Å². The van der Waals surface area contributed by atoms with Crippen LogP contribution in [0.2, 0.25) is 10.0 Å². The summed E-state index contributed by atoms with van der Waals surface area (Å²) in [5.41, 5.74) is 1.52. The van der Waals surface area contributed by atoms with E-state index in [-0.39, 0.29) is 24.2 Å². The van der Waals surface area contributed by atoms with E-state index in [0.29, 0.717) is 34.7 Å². The maximum atomic E-state index is 12.6. The number of methoxy groups -OCH3 is 1. The van der Waals surface area contributed by atoms with Gasteiger partial charge in [0.25, 0.3) is 0 Å². The molecule has 1 aliphatic rings. The summed E-state index contributed by atoms with van der Waals surface area (Å²) in [6.45, 7) is 1.28. The minimum absolute atomic E-state index is 0.0550. The zero-order chi connectivity index (χ0) is 20.5. The highest BCUT2D eigenvalue weighted by molar-refractivity contribution is 7.15. The summed E-state index contributed by atoms with van der Waals surface area (Å²) in [4.78, 5) is 31.2. The zero-order valence-electron chi connectivity index (χ0n) is 15.4. The van der Waals surface area contributed by atoms with E-state index in [0.717, 1.165) is 11.3 Å². The molecule has 1 unspecified atom stereocenters. The molecule has 3 aromatic rings. The summed E-state index contributed by atoms with van der Waals surface area (Å²) in [6.07, 6.45) is 0.170. The van der Waals surface area contributed by atoms with Crippen molar-refractivity contribution in [1.82, 2.24) is 19.5 Å². The Hall–Kier alpha value is -2.20. The number of benzene rings is 1. The van der Waals surface area contributed by atoms with E-state index in [1.54, 1.807) is 28.7 Å². The topological polar surface area (TPSA) is 88.8 Å². The summed E-state index contributed by atoms with van der Waals surface area (Å²) >= 11 is 13.7. The van der Waals surface area contributed by atoms with Crippen molar-refractivity contribution in [2.75, 3.05) is 32.1 Å². The molecule has 8 nitrogen and oxygen atoms in total. The molecule has 0 spiro atoms. The SMILES string of the molecule is COCCN1CC(C(=O)Nc2nc3scc(-c4ccc(Cl)cc4Cl)n3n2)CC1=O. The lowest BCUT2D eigenvalue weighted by molar-refractivity contribution is -0.128. The van der Waals surface area contributed by atoms with Crippen LogP contribution in [-0.4, -0.2) is 58.1 Å². The van der Waals surface area contributed by atoms with Gasteiger partial charge in [-0.05, 0) is 18.2 Å². The molecule has 1 fully saturated rings. The second kappa shape index (κ2) is 8.27. The first-order chi connectivity index (χ1) is 14.0. The minimum Gasteiger partial charge on any atom is -0.383 e. The highest BCUT2D eigenvalue weighted by Crippen LogP contribution is 2.33. The van der Waals surface area contributed by atoms with Crippen LogP contribution in [0, 0.1) is 5.92 Å². The Bertz CT molecular complexity index is 1080. The number of amides is 2. The fraction of sp³-hybridized carbons (Fsp3) is 0.333. The molecule has 11 heteroatoms. The number of nitrogens with one attached hydrogen (secondary N) is 1. The van der Waals surface area contributed by atoms with E-state index in [2.05, 4.69) is 15.4 Å². The highest BCUT2D eigenvalue weighted by atomic mass is 35.5. The smallest absolute Gasteiger partial charge is 0.250 e. The van der Waals surface area contributed by atoms with Crippen molar-refractivity contribution < 1.29 is 14.3 Å². The van der Waals surface area contributed by atoms with Gasteiger partial charge in [0.1, 0.15) is 0 Å². The number of aromatic nitrogens is 3. The van der Waals surface area contributed by atoms with E-state index in [1.807, 2.05) is 11.4 Å². The summed E-state index contributed by atoms with van der Waals surface area (Å²) in [7, 11) is 1.58. The van der Waals surface area contributed by atoms with Gasteiger partial charge in [0.05, 0.1) is 23.2 Å². The van der Waals surface area contributed by atoms with Crippen LogP contribution in [0.25, 0.3) is 16.2 Å². The average molecular weight is 454 g/mol. The van der Waals surface area contributed by atoms with Gasteiger partial charge in [-0.3, -0.25) is 14.9 Å². The van der Waals surface area contributed by atoms with Crippen molar-refractivity contribution in [1.29, 1.82) is 0 Å². The summed E-state index contributed by atoms with van der Waals surface area (Å²) in [5, 5.41) is 10.0. The Labute approximate surface area is 180 Å². The number of anilines is 1. The lowest BCUT2D eigenvalue weighted by Gasteiger charge is -2.15. The van der Waals surface area contributed by atoms with Crippen LogP contribution < -0.4 is 5.32 Å². The van der Waals surface area contributed by atoms with Crippen LogP contribution in [0.3, 0.4) is 0 Å². The second-order valence-electron chi connectivity index (χ2n) is 6.60. The van der Waals surface area contributed by atoms with E-state index < -0.39 is 5.92 Å². The number of thiazole rings is 1. The molecule has 3 heterocycles. The van der Waals surface area contributed by atoms with Gasteiger partial charge in [-0.15, -0.1) is 16.4 Å². The molecule has 2 amide bonds. The largest absolute Gasteiger partial charge is 0.383 e. The van der Waals surface area contributed by atoms with Gasteiger partial charge in [0.15, 0.2) is 0 Å². The van der Waals surface area contributed by atoms with E-state index in [4.69, 9.17) is 27.9 Å². The first kappa shape index (κ1) is 20.1. The van der Waals surface area contributed by atoms with Gasteiger partial charge in [-0.2, -0.15) is 4.98 Å². The molecule has 2 aromatic heterocycles. The predicted molar refractivity (Wildman–Crippen MR) is 112 cm³/mol. The molecule has 1 aromatic carbocycles. The summed E-state index contributed by atoms with van der Waals surface area (Å²) < 4.78 is 6.62. The number of fused-ring (bicyclic) bond motifs is 1. The van der Waals surface area contributed by atoms with Crippen LogP contribution in [0.4, 0.5) is 5.95 Å². The number of halogens is 2. The van der Waals surface area contributed by atoms with E-state index in [9.17, 15) is 9.59 Å². The fourth-order valence-electron chi connectivity index (χ4n) is 3.19. The molecule has 0 radical (unpaired) electrons. The third-order valence-electron chi connectivity index (χ3n) is 4.67. The maximum absolute atomic E-state index is 12.6. The molecule has 29 heavy (non-hydrogen) atoms. The summed E-state index contributed by atoms with van der Waals surface area (Å²) in [5.74, 6) is -0.578. The minimum atomic E-state index is -0.439. The van der Waals surface area contributed by atoms with Gasteiger partial charge in [0.2, 0.25) is 22.7 Å². The van der Waals surface area contributed by atoms with Crippen molar-refractivity contribution in [3.8, 4) is 11.3 Å². The fourth-order valence-corrected chi connectivity index (χ4v) is 4.52. The molecule has 0 bridgehead atoms. The molecule has 1 atom stereocenters. The highest BCUT2D eigenvalue weighted by Gasteiger charge is 2.34. The standard InChI is InChI=1S/C18H17Cl2N5O3S/c1-28-5-4-24-8-10(6-15(24)26)16(27)21-17-22-18-25(23-17)14(9-29-18)12-3-2-11(19)7-13(12)20/h2-3,7,9-10H,4-6,8H2,1H3,(H,21,23,27). The normalized spacial score (nSPS) is 16.7. The Balaban J connectivity index is 1.50. The molecule has 4 rings (SSSR count). The van der Waals surface area contributed by atoms with Gasteiger partial charge in [-0.1, -0.05) is 23.2 Å². The van der Waals surface area contributed by atoms with Crippen molar-refractivity contribution in [2.45, 2.75) is 6.42 Å². The van der Waals surface area contributed by atoms with E-state index >= 15 is 0 Å².